The topological polar surface area (TPSA) is 70.2 Å². The predicted molar refractivity (Wildman–Crippen MR) is 72.2 cm³/mol. The van der Waals surface area contributed by atoms with Crippen LogP contribution in [0.15, 0.2) is 34.7 Å². The Morgan fingerprint density at radius 3 is 2.95 bits per heavy atom. The van der Waals surface area contributed by atoms with Crippen LogP contribution in [0, 0.1) is 0 Å². The Morgan fingerprint density at radius 2 is 2.20 bits per heavy atom. The summed E-state index contributed by atoms with van der Waals surface area (Å²) in [5.41, 5.74) is 0.767. The Hall–Kier alpha value is -2.63. The van der Waals surface area contributed by atoms with Gasteiger partial charge in [-0.05, 0) is 19.1 Å². The number of benzene rings is 1. The molecule has 0 saturated heterocycles. The van der Waals surface area contributed by atoms with E-state index in [0.717, 1.165) is 11.0 Å². The van der Waals surface area contributed by atoms with Crippen molar-refractivity contribution in [3.05, 3.63) is 36.2 Å². The van der Waals surface area contributed by atoms with Crippen molar-refractivity contribution in [2.24, 2.45) is 7.05 Å². The molecule has 0 N–H and O–H groups in total. The highest BCUT2D eigenvalue weighted by molar-refractivity contribution is 5.86. The highest BCUT2D eigenvalue weighted by Crippen LogP contribution is 2.26. The zero-order chi connectivity index (χ0) is 14.1. The van der Waals surface area contributed by atoms with Crippen LogP contribution in [0.3, 0.4) is 0 Å². The first-order valence-electron chi connectivity index (χ1n) is 6.26. The number of carbonyl (C=O) groups is 1. The van der Waals surface area contributed by atoms with E-state index >= 15 is 0 Å². The van der Waals surface area contributed by atoms with Crippen LogP contribution in [-0.2, 0) is 11.8 Å². The van der Waals surface area contributed by atoms with Crippen LogP contribution in [0.25, 0.3) is 22.6 Å². The van der Waals surface area contributed by atoms with Gasteiger partial charge in [0, 0.05) is 12.4 Å². The van der Waals surface area contributed by atoms with Gasteiger partial charge >= 0.3 is 5.97 Å². The van der Waals surface area contributed by atoms with Gasteiger partial charge in [-0.3, -0.25) is 0 Å². The van der Waals surface area contributed by atoms with Crippen LogP contribution in [0.2, 0.25) is 0 Å². The van der Waals surface area contributed by atoms with Crippen molar-refractivity contribution >= 4 is 16.9 Å². The number of para-hydroxylation sites is 1. The third-order valence-corrected chi connectivity index (χ3v) is 2.87. The second-order valence-electron chi connectivity index (χ2n) is 4.25. The molecule has 2 aromatic heterocycles. The van der Waals surface area contributed by atoms with Crippen molar-refractivity contribution in [3.8, 4) is 11.6 Å². The number of furan rings is 1. The van der Waals surface area contributed by atoms with Gasteiger partial charge in [-0.2, -0.15) is 4.98 Å². The van der Waals surface area contributed by atoms with Crippen LogP contribution < -0.4 is 0 Å². The summed E-state index contributed by atoms with van der Waals surface area (Å²) >= 11 is 0. The largest absolute Gasteiger partial charge is 0.460 e. The van der Waals surface area contributed by atoms with E-state index in [1.165, 1.54) is 4.68 Å². The number of esters is 1. The van der Waals surface area contributed by atoms with E-state index in [9.17, 15) is 4.79 Å². The molecule has 0 fully saturated rings. The Bertz CT molecular complexity index is 740. The van der Waals surface area contributed by atoms with Crippen molar-refractivity contribution in [2.45, 2.75) is 6.92 Å². The molecule has 6 heteroatoms. The maximum absolute atomic E-state index is 11.6. The first-order chi connectivity index (χ1) is 9.69. The maximum Gasteiger partial charge on any atom is 0.378 e. The molecule has 0 amide bonds. The Balaban J connectivity index is 2.03. The van der Waals surface area contributed by atoms with Crippen molar-refractivity contribution < 1.29 is 13.9 Å². The molecular formula is C14H13N3O3. The van der Waals surface area contributed by atoms with Gasteiger partial charge < -0.3 is 9.15 Å². The molecule has 0 unspecified atom stereocenters. The molecule has 0 aliphatic heterocycles. The fourth-order valence-electron chi connectivity index (χ4n) is 1.97. The van der Waals surface area contributed by atoms with E-state index in [1.54, 1.807) is 14.0 Å². The fraction of sp³-hybridized carbons (Fsp3) is 0.214. The summed E-state index contributed by atoms with van der Waals surface area (Å²) < 4.78 is 12.1. The quantitative estimate of drug-likeness (QED) is 0.684. The average Bonchev–Trinajstić information content (AvgIpc) is 3.01. The van der Waals surface area contributed by atoms with Gasteiger partial charge in [0.05, 0.1) is 6.61 Å². The highest BCUT2D eigenvalue weighted by atomic mass is 16.5. The molecular weight excluding hydrogens is 258 g/mol. The SMILES string of the molecule is CCOC(=O)c1nc(-c2cc3ccccc3o2)n(C)n1. The van der Waals surface area contributed by atoms with Gasteiger partial charge in [-0.1, -0.05) is 18.2 Å². The molecule has 6 nitrogen and oxygen atoms in total. The molecule has 102 valence electrons. The number of ether oxygens (including phenoxy) is 1. The average molecular weight is 271 g/mol. The number of hydrogen-bond donors (Lipinski definition) is 0. The summed E-state index contributed by atoms with van der Waals surface area (Å²) in [6.07, 6.45) is 0. The lowest BCUT2D eigenvalue weighted by molar-refractivity contribution is 0.0512. The van der Waals surface area contributed by atoms with Crippen LogP contribution in [0.5, 0.6) is 0 Å². The van der Waals surface area contributed by atoms with Gasteiger partial charge in [0.2, 0.25) is 0 Å². The smallest absolute Gasteiger partial charge is 0.378 e. The van der Waals surface area contributed by atoms with Crippen molar-refractivity contribution in [3.63, 3.8) is 0 Å². The number of aromatic nitrogens is 3. The van der Waals surface area contributed by atoms with Gasteiger partial charge in [-0.25, -0.2) is 9.48 Å². The lowest BCUT2D eigenvalue weighted by Gasteiger charge is -1.94. The number of hydrogen-bond acceptors (Lipinski definition) is 5. The first kappa shape index (κ1) is 12.4. The summed E-state index contributed by atoms with van der Waals surface area (Å²) in [5, 5.41) is 5.02. The normalized spacial score (nSPS) is 10.9. The molecule has 0 aliphatic rings. The Morgan fingerprint density at radius 1 is 1.40 bits per heavy atom. The van der Waals surface area contributed by atoms with Gasteiger partial charge in [0.15, 0.2) is 11.6 Å². The van der Waals surface area contributed by atoms with E-state index < -0.39 is 5.97 Å². The lowest BCUT2D eigenvalue weighted by Crippen LogP contribution is -2.07. The molecule has 0 aliphatic carbocycles. The number of nitrogens with zero attached hydrogens (tertiary/aromatic N) is 3. The van der Waals surface area contributed by atoms with Crippen LogP contribution >= 0.6 is 0 Å². The molecule has 0 spiro atoms. The van der Waals surface area contributed by atoms with Crippen molar-refractivity contribution in [1.29, 1.82) is 0 Å². The zero-order valence-corrected chi connectivity index (χ0v) is 11.2. The summed E-state index contributed by atoms with van der Waals surface area (Å²) in [5.74, 6) is 0.552. The number of aryl methyl sites for hydroxylation is 1. The molecule has 0 saturated carbocycles. The summed E-state index contributed by atoms with van der Waals surface area (Å²) in [7, 11) is 1.71. The van der Waals surface area contributed by atoms with Crippen LogP contribution in [0.4, 0.5) is 0 Å². The second-order valence-corrected chi connectivity index (χ2v) is 4.25. The number of rotatable bonds is 3. The monoisotopic (exact) mass is 271 g/mol. The summed E-state index contributed by atoms with van der Waals surface area (Å²) in [6, 6.07) is 9.53. The summed E-state index contributed by atoms with van der Waals surface area (Å²) in [6.45, 7) is 2.03. The predicted octanol–water partition coefficient (Wildman–Crippen LogP) is 2.41. The van der Waals surface area contributed by atoms with Gasteiger partial charge in [0.1, 0.15) is 5.58 Å². The standard InChI is InChI=1S/C14H13N3O3/c1-3-19-14(18)12-15-13(17(2)16-12)11-8-9-6-4-5-7-10(9)20-11/h4-8H,3H2,1-2H3. The van der Waals surface area contributed by atoms with Gasteiger partial charge in [-0.15, -0.1) is 5.10 Å². The van der Waals surface area contributed by atoms with E-state index in [2.05, 4.69) is 10.1 Å². The van der Waals surface area contributed by atoms with Crippen LogP contribution in [-0.4, -0.2) is 27.3 Å². The molecule has 3 rings (SSSR count). The van der Waals surface area contributed by atoms with Crippen molar-refractivity contribution in [2.75, 3.05) is 6.61 Å². The minimum Gasteiger partial charge on any atom is -0.460 e. The second kappa shape index (κ2) is 4.80. The van der Waals surface area contributed by atoms with E-state index in [1.807, 2.05) is 30.3 Å². The third-order valence-electron chi connectivity index (χ3n) is 2.87. The van der Waals surface area contributed by atoms with E-state index in [-0.39, 0.29) is 12.4 Å². The Labute approximate surface area is 115 Å². The highest BCUT2D eigenvalue weighted by Gasteiger charge is 2.19. The first-order valence-corrected chi connectivity index (χ1v) is 6.26. The molecule has 0 bridgehead atoms. The molecule has 20 heavy (non-hydrogen) atoms. The van der Waals surface area contributed by atoms with E-state index in [0.29, 0.717) is 11.6 Å². The minimum absolute atomic E-state index is 0.0322. The molecule has 1 aromatic carbocycles. The van der Waals surface area contributed by atoms with Crippen LogP contribution in [0.1, 0.15) is 17.5 Å². The van der Waals surface area contributed by atoms with E-state index in [4.69, 9.17) is 9.15 Å². The molecule has 3 aromatic rings. The number of fused-ring (bicyclic) bond motifs is 1. The number of carbonyl (C=O) groups excluding carboxylic acids is 1. The molecule has 2 heterocycles. The van der Waals surface area contributed by atoms with Crippen molar-refractivity contribution in [1.82, 2.24) is 14.8 Å². The molecule has 0 radical (unpaired) electrons. The fourth-order valence-corrected chi connectivity index (χ4v) is 1.97. The lowest BCUT2D eigenvalue weighted by atomic mass is 10.2. The minimum atomic E-state index is -0.537. The zero-order valence-electron chi connectivity index (χ0n) is 11.2. The summed E-state index contributed by atoms with van der Waals surface area (Å²) in [4.78, 5) is 15.8. The molecule has 0 atom stereocenters. The third kappa shape index (κ3) is 2.05. The maximum atomic E-state index is 11.6. The van der Waals surface area contributed by atoms with Gasteiger partial charge in [0.25, 0.3) is 5.82 Å². The Kier molecular flexibility index (Phi) is 2.98.